The van der Waals surface area contributed by atoms with Gasteiger partial charge in [-0.2, -0.15) is 10.4 Å². The van der Waals surface area contributed by atoms with Crippen LogP contribution in [0.5, 0.6) is 0 Å². The van der Waals surface area contributed by atoms with Crippen molar-refractivity contribution < 1.29 is 19.0 Å². The maximum atomic E-state index is 12.0. The molecule has 0 aliphatic rings. The molecule has 2 aromatic rings. The van der Waals surface area contributed by atoms with E-state index >= 15 is 0 Å². The lowest BCUT2D eigenvalue weighted by molar-refractivity contribution is -0.0735. The van der Waals surface area contributed by atoms with Crippen LogP contribution < -0.4 is 0 Å². The van der Waals surface area contributed by atoms with Crippen LogP contribution in [0.3, 0.4) is 0 Å². The first-order valence-electron chi connectivity index (χ1n) is 11.2. The number of carbonyl (C=O) groups excluding carboxylic acids is 1. The summed E-state index contributed by atoms with van der Waals surface area (Å²) in [6.45, 7) is 17.9. The van der Waals surface area contributed by atoms with Gasteiger partial charge in [-0.25, -0.2) is 4.79 Å². The van der Waals surface area contributed by atoms with Gasteiger partial charge in [0.25, 0.3) is 0 Å². The summed E-state index contributed by atoms with van der Waals surface area (Å²) in [6.07, 6.45) is -2.13. The van der Waals surface area contributed by atoms with Gasteiger partial charge in [0, 0.05) is 19.0 Å². The Balaban J connectivity index is 2.61. The second-order valence-electron chi connectivity index (χ2n) is 9.24. The molecule has 178 valence electrons. The van der Waals surface area contributed by atoms with Gasteiger partial charge < -0.3 is 14.2 Å². The Morgan fingerprint density at radius 2 is 1.70 bits per heavy atom. The third-order valence-corrected chi connectivity index (χ3v) is 5.20. The summed E-state index contributed by atoms with van der Waals surface area (Å²) >= 11 is 0. The average molecular weight is 454 g/mol. The fourth-order valence-corrected chi connectivity index (χ4v) is 3.35. The van der Waals surface area contributed by atoms with E-state index in [0.29, 0.717) is 29.1 Å². The Kier molecular flexibility index (Phi) is 8.32. The maximum absolute atomic E-state index is 12.0. The predicted octanol–water partition coefficient (Wildman–Crippen LogP) is 6.13. The van der Waals surface area contributed by atoms with Crippen molar-refractivity contribution in [3.63, 3.8) is 0 Å². The van der Waals surface area contributed by atoms with E-state index in [4.69, 9.17) is 14.2 Å². The number of hydrogen-bond donors (Lipinski definition) is 0. The van der Waals surface area contributed by atoms with E-state index in [-0.39, 0.29) is 11.5 Å². The molecule has 1 atom stereocenters. The van der Waals surface area contributed by atoms with Gasteiger partial charge in [-0.05, 0) is 51.2 Å². The minimum Gasteiger partial charge on any atom is -0.451 e. The van der Waals surface area contributed by atoms with Gasteiger partial charge in [0.05, 0.1) is 11.8 Å². The predicted molar refractivity (Wildman–Crippen MR) is 128 cm³/mol. The van der Waals surface area contributed by atoms with E-state index in [9.17, 15) is 10.1 Å². The fraction of sp³-hybridized carbons (Fsp3) is 0.500. The number of benzene rings is 1. The number of ether oxygens (including phenoxy) is 3. The third-order valence-electron chi connectivity index (χ3n) is 5.20. The fourth-order valence-electron chi connectivity index (χ4n) is 3.35. The van der Waals surface area contributed by atoms with E-state index < -0.39 is 12.4 Å². The van der Waals surface area contributed by atoms with Crippen molar-refractivity contribution in [1.82, 2.24) is 9.78 Å². The van der Waals surface area contributed by atoms with Gasteiger partial charge >= 0.3 is 6.16 Å². The Hall–Kier alpha value is -3.27. The molecule has 33 heavy (non-hydrogen) atoms. The summed E-state index contributed by atoms with van der Waals surface area (Å²) in [4.78, 5) is 12.0. The van der Waals surface area contributed by atoms with Crippen molar-refractivity contribution in [3.05, 3.63) is 52.3 Å². The lowest BCUT2D eigenvalue weighted by atomic mass is 9.86. The van der Waals surface area contributed by atoms with Crippen molar-refractivity contribution in [2.24, 2.45) is 0 Å². The topological polar surface area (TPSA) is 86.4 Å². The minimum atomic E-state index is -0.983. The number of nitrogens with zero attached hydrogens (tertiary/aromatic N) is 3. The van der Waals surface area contributed by atoms with Crippen LogP contribution in [0.4, 0.5) is 4.79 Å². The SMILES string of the molecule is CCn1nc(C)c(C)c1/C(OC(C)OC(=O)OC(C)C)=C(\C#N)c1ccc(C(C)(C)C)cc1. The van der Waals surface area contributed by atoms with Gasteiger partial charge in [0.15, 0.2) is 5.76 Å². The third kappa shape index (κ3) is 6.38. The summed E-state index contributed by atoms with van der Waals surface area (Å²) in [6, 6.07) is 10.1. The van der Waals surface area contributed by atoms with Gasteiger partial charge in [-0.3, -0.25) is 4.68 Å². The second kappa shape index (κ2) is 10.6. The molecule has 0 radical (unpaired) electrons. The summed E-state index contributed by atoms with van der Waals surface area (Å²) in [5.41, 5.74) is 4.59. The van der Waals surface area contributed by atoms with Crippen LogP contribution in [0.1, 0.15) is 76.5 Å². The zero-order valence-corrected chi connectivity index (χ0v) is 21.1. The molecule has 7 nitrogen and oxygen atoms in total. The Bertz CT molecular complexity index is 1050. The quantitative estimate of drug-likeness (QED) is 0.217. The molecular formula is C26H35N3O4. The number of allylic oxidation sites excluding steroid dienone is 1. The van der Waals surface area contributed by atoms with E-state index in [1.807, 2.05) is 45.0 Å². The molecular weight excluding hydrogens is 418 g/mol. The summed E-state index contributed by atoms with van der Waals surface area (Å²) in [5, 5.41) is 14.7. The number of rotatable bonds is 7. The lowest BCUT2D eigenvalue weighted by Gasteiger charge is -2.21. The molecule has 0 bridgehead atoms. The van der Waals surface area contributed by atoms with Gasteiger partial charge in [0.1, 0.15) is 17.3 Å². The molecule has 1 aromatic carbocycles. The number of carbonyl (C=O) groups is 1. The number of nitriles is 1. The molecule has 1 heterocycles. The molecule has 0 N–H and O–H groups in total. The van der Waals surface area contributed by atoms with Crippen molar-refractivity contribution >= 4 is 17.5 Å². The first-order valence-corrected chi connectivity index (χ1v) is 11.2. The first kappa shape index (κ1) is 26.0. The van der Waals surface area contributed by atoms with Crippen LogP contribution >= 0.6 is 0 Å². The smallest absolute Gasteiger partial charge is 0.451 e. The van der Waals surface area contributed by atoms with Crippen molar-refractivity contribution in [3.8, 4) is 6.07 Å². The Morgan fingerprint density at radius 1 is 1.09 bits per heavy atom. The molecule has 1 unspecified atom stereocenters. The number of aryl methyl sites for hydroxylation is 2. The Morgan fingerprint density at radius 3 is 2.18 bits per heavy atom. The van der Waals surface area contributed by atoms with Crippen LogP contribution in [0.15, 0.2) is 24.3 Å². The van der Waals surface area contributed by atoms with Gasteiger partial charge in [-0.15, -0.1) is 0 Å². The molecule has 0 amide bonds. The van der Waals surface area contributed by atoms with Crippen LogP contribution in [0, 0.1) is 25.2 Å². The maximum Gasteiger partial charge on any atom is 0.511 e. The van der Waals surface area contributed by atoms with Crippen LogP contribution in [-0.4, -0.2) is 28.3 Å². The molecule has 0 saturated heterocycles. The van der Waals surface area contributed by atoms with E-state index in [1.54, 1.807) is 25.5 Å². The largest absolute Gasteiger partial charge is 0.511 e. The minimum absolute atomic E-state index is 0.0119. The van der Waals surface area contributed by atoms with Crippen molar-refractivity contribution in [2.75, 3.05) is 0 Å². The summed E-state index contributed by atoms with van der Waals surface area (Å²) < 4.78 is 18.2. The van der Waals surface area contributed by atoms with E-state index in [1.165, 1.54) is 0 Å². The molecule has 2 rings (SSSR count). The molecule has 1 aromatic heterocycles. The molecule has 0 aliphatic heterocycles. The molecule has 0 spiro atoms. The highest BCUT2D eigenvalue weighted by Gasteiger charge is 2.25. The number of hydrogen-bond acceptors (Lipinski definition) is 6. The van der Waals surface area contributed by atoms with E-state index in [2.05, 4.69) is 31.9 Å². The van der Waals surface area contributed by atoms with E-state index in [0.717, 1.165) is 16.8 Å². The monoisotopic (exact) mass is 453 g/mol. The molecule has 0 fully saturated rings. The highest BCUT2D eigenvalue weighted by atomic mass is 16.8. The average Bonchev–Trinajstić information content (AvgIpc) is 3.00. The summed E-state index contributed by atoms with van der Waals surface area (Å²) in [7, 11) is 0. The van der Waals surface area contributed by atoms with Gasteiger partial charge in [0.2, 0.25) is 6.29 Å². The Labute approximate surface area is 197 Å². The highest BCUT2D eigenvalue weighted by Crippen LogP contribution is 2.33. The van der Waals surface area contributed by atoms with Crippen LogP contribution in [0.2, 0.25) is 0 Å². The molecule has 0 saturated carbocycles. The van der Waals surface area contributed by atoms with Crippen molar-refractivity contribution in [2.45, 2.75) is 86.7 Å². The lowest BCUT2D eigenvalue weighted by Crippen LogP contribution is -2.22. The van der Waals surface area contributed by atoms with Crippen LogP contribution in [-0.2, 0) is 26.2 Å². The van der Waals surface area contributed by atoms with Crippen LogP contribution in [0.25, 0.3) is 11.3 Å². The number of aromatic nitrogens is 2. The second-order valence-corrected chi connectivity index (χ2v) is 9.24. The zero-order valence-electron chi connectivity index (χ0n) is 21.1. The highest BCUT2D eigenvalue weighted by molar-refractivity contribution is 5.94. The normalized spacial score (nSPS) is 13.2. The summed E-state index contributed by atoms with van der Waals surface area (Å²) in [5.74, 6) is 0.311. The molecule has 0 aliphatic carbocycles. The zero-order chi connectivity index (χ0) is 24.9. The molecule has 7 heteroatoms. The van der Waals surface area contributed by atoms with Gasteiger partial charge in [-0.1, -0.05) is 45.0 Å². The standard InChI is InChI=1S/C26H35N3O4/c1-10-29-23(17(4)18(5)28-29)24(32-19(6)33-25(30)31-16(2)3)22(15-27)20-11-13-21(14-12-20)26(7,8)9/h11-14,16,19H,10H2,1-9H3/b24-22-. The first-order chi connectivity index (χ1) is 15.4. The van der Waals surface area contributed by atoms with Crippen molar-refractivity contribution in [1.29, 1.82) is 5.26 Å².